The molecule has 0 aliphatic carbocycles. The van der Waals surface area contributed by atoms with Crippen LogP contribution in [-0.2, 0) is 10.0 Å². The number of halogens is 1. The minimum atomic E-state index is -3.87. The van der Waals surface area contributed by atoms with Crippen LogP contribution >= 0.6 is 12.2 Å². The van der Waals surface area contributed by atoms with Crippen molar-refractivity contribution in [3.8, 4) is 0 Å². The topological polar surface area (TPSA) is 75.4 Å². The summed E-state index contributed by atoms with van der Waals surface area (Å²) in [6.07, 6.45) is 0. The van der Waals surface area contributed by atoms with Crippen LogP contribution in [0.1, 0.15) is 12.5 Å². The van der Waals surface area contributed by atoms with Crippen molar-refractivity contribution in [3.05, 3.63) is 29.6 Å². The van der Waals surface area contributed by atoms with E-state index in [2.05, 4.69) is 4.72 Å². The molecule has 8 heteroatoms. The molecule has 3 N–H and O–H groups in total. The van der Waals surface area contributed by atoms with Crippen LogP contribution in [-0.4, -0.2) is 45.0 Å². The predicted octanol–water partition coefficient (Wildman–Crippen LogP) is 0.688. The van der Waals surface area contributed by atoms with Crippen molar-refractivity contribution >= 4 is 27.2 Å². The lowest BCUT2D eigenvalue weighted by molar-refractivity contribution is 0.314. The third-order valence-corrected chi connectivity index (χ3v) is 4.63. The van der Waals surface area contributed by atoms with Gasteiger partial charge in [0.15, 0.2) is 0 Å². The Labute approximate surface area is 124 Å². The van der Waals surface area contributed by atoms with Crippen molar-refractivity contribution in [2.24, 2.45) is 5.73 Å². The summed E-state index contributed by atoms with van der Waals surface area (Å²) in [6.45, 7) is 2.06. The quantitative estimate of drug-likeness (QED) is 0.755. The first-order valence-corrected chi connectivity index (χ1v) is 7.80. The Hall–Kier alpha value is -1.09. The molecule has 1 unspecified atom stereocenters. The van der Waals surface area contributed by atoms with E-state index in [1.165, 1.54) is 12.1 Å². The van der Waals surface area contributed by atoms with E-state index in [1.54, 1.807) is 0 Å². The normalized spacial score (nSPS) is 13.4. The molecular formula is C12H18FN3O2S2. The number of hydrogen-bond donors (Lipinski definition) is 2. The number of sulfonamides is 1. The second-order valence-corrected chi connectivity index (χ2v) is 6.82. The summed E-state index contributed by atoms with van der Waals surface area (Å²) in [5, 5.41) is 0. The third kappa shape index (κ3) is 3.95. The summed E-state index contributed by atoms with van der Waals surface area (Å²) in [6, 6.07) is 3.70. The number of nitrogens with two attached hydrogens (primary N) is 1. The largest absolute Gasteiger partial charge is 0.389 e. The van der Waals surface area contributed by atoms with Crippen molar-refractivity contribution in [2.75, 3.05) is 20.6 Å². The highest BCUT2D eigenvalue weighted by atomic mass is 32.2. The van der Waals surface area contributed by atoms with Crippen LogP contribution in [0, 0.1) is 5.82 Å². The van der Waals surface area contributed by atoms with Crippen LogP contribution in [0.15, 0.2) is 23.1 Å². The smallest absolute Gasteiger partial charge is 0.241 e. The summed E-state index contributed by atoms with van der Waals surface area (Å²) in [5.41, 5.74) is 5.15. The van der Waals surface area contributed by atoms with E-state index in [1.807, 2.05) is 25.9 Å². The molecule has 0 heterocycles. The van der Waals surface area contributed by atoms with E-state index in [4.69, 9.17) is 18.0 Å². The van der Waals surface area contributed by atoms with E-state index in [0.717, 1.165) is 6.07 Å². The fourth-order valence-electron chi connectivity index (χ4n) is 1.46. The standard InChI is InChI=1S/C12H18FN3O2S2/c1-8(16(2)3)7-15-20(17,18)10-6-4-5-9(13)11(10)12(14)19/h4-6,8,15H,7H2,1-3H3,(H2,14,19). The first-order chi connectivity index (χ1) is 9.16. The summed E-state index contributed by atoms with van der Waals surface area (Å²) in [4.78, 5) is 1.34. The van der Waals surface area contributed by atoms with Gasteiger partial charge in [0.25, 0.3) is 0 Å². The average Bonchev–Trinajstić information content (AvgIpc) is 2.35. The van der Waals surface area contributed by atoms with Crippen LogP contribution in [0.3, 0.4) is 0 Å². The first kappa shape index (κ1) is 17.0. The third-order valence-electron chi connectivity index (χ3n) is 2.96. The molecule has 5 nitrogen and oxygen atoms in total. The summed E-state index contributed by atoms with van der Waals surface area (Å²) < 4.78 is 40.6. The van der Waals surface area contributed by atoms with Crippen LogP contribution < -0.4 is 10.5 Å². The van der Waals surface area contributed by atoms with Crippen LogP contribution in [0.25, 0.3) is 0 Å². The SMILES string of the molecule is CC(CNS(=O)(=O)c1cccc(F)c1C(N)=S)N(C)C. The van der Waals surface area contributed by atoms with Gasteiger partial charge in [0.05, 0.1) is 10.5 Å². The van der Waals surface area contributed by atoms with Gasteiger partial charge >= 0.3 is 0 Å². The van der Waals surface area contributed by atoms with E-state index >= 15 is 0 Å². The fourth-order valence-corrected chi connectivity index (χ4v) is 3.08. The van der Waals surface area contributed by atoms with Gasteiger partial charge in [-0.05, 0) is 33.2 Å². The number of nitrogens with one attached hydrogen (secondary N) is 1. The molecule has 0 radical (unpaired) electrons. The van der Waals surface area contributed by atoms with Crippen molar-refractivity contribution in [1.29, 1.82) is 0 Å². The summed E-state index contributed by atoms with van der Waals surface area (Å²) >= 11 is 4.72. The number of likely N-dealkylation sites (N-methyl/N-ethyl adjacent to an activating group) is 1. The molecule has 0 aliphatic heterocycles. The summed E-state index contributed by atoms with van der Waals surface area (Å²) in [7, 11) is -0.201. The van der Waals surface area contributed by atoms with Crippen molar-refractivity contribution in [2.45, 2.75) is 17.9 Å². The van der Waals surface area contributed by atoms with Gasteiger partial charge < -0.3 is 10.6 Å². The van der Waals surface area contributed by atoms with E-state index < -0.39 is 15.8 Å². The van der Waals surface area contributed by atoms with E-state index in [0.29, 0.717) is 0 Å². The van der Waals surface area contributed by atoms with Gasteiger partial charge in [-0.2, -0.15) is 0 Å². The monoisotopic (exact) mass is 319 g/mol. The second-order valence-electron chi connectivity index (χ2n) is 4.64. The van der Waals surface area contributed by atoms with E-state index in [9.17, 15) is 12.8 Å². The predicted molar refractivity (Wildman–Crippen MR) is 80.6 cm³/mol. The maximum Gasteiger partial charge on any atom is 0.241 e. The maximum absolute atomic E-state index is 13.7. The molecule has 20 heavy (non-hydrogen) atoms. The highest BCUT2D eigenvalue weighted by molar-refractivity contribution is 7.89. The fraction of sp³-hybridized carbons (Fsp3) is 0.417. The molecule has 0 bridgehead atoms. The zero-order valence-electron chi connectivity index (χ0n) is 11.6. The molecule has 0 spiro atoms. The molecular weight excluding hydrogens is 301 g/mol. The highest BCUT2D eigenvalue weighted by Gasteiger charge is 2.23. The van der Waals surface area contributed by atoms with Crippen molar-refractivity contribution in [3.63, 3.8) is 0 Å². The molecule has 0 saturated carbocycles. The molecule has 0 saturated heterocycles. The molecule has 1 atom stereocenters. The minimum Gasteiger partial charge on any atom is -0.389 e. The minimum absolute atomic E-state index is 0.00777. The zero-order valence-corrected chi connectivity index (χ0v) is 13.2. The first-order valence-electron chi connectivity index (χ1n) is 5.91. The molecule has 1 aromatic carbocycles. The van der Waals surface area contributed by atoms with E-state index in [-0.39, 0.29) is 28.0 Å². The van der Waals surface area contributed by atoms with Gasteiger partial charge in [-0.1, -0.05) is 18.3 Å². The van der Waals surface area contributed by atoms with Gasteiger partial charge in [-0.3, -0.25) is 0 Å². The molecule has 0 aliphatic rings. The molecule has 0 aromatic heterocycles. The average molecular weight is 319 g/mol. The molecule has 0 amide bonds. The Morgan fingerprint density at radius 1 is 1.50 bits per heavy atom. The Morgan fingerprint density at radius 2 is 2.10 bits per heavy atom. The Balaban J connectivity index is 3.11. The Bertz CT molecular complexity index is 603. The van der Waals surface area contributed by atoms with Crippen LogP contribution in [0.2, 0.25) is 0 Å². The van der Waals surface area contributed by atoms with Gasteiger partial charge in [0.2, 0.25) is 10.0 Å². The van der Waals surface area contributed by atoms with Crippen molar-refractivity contribution < 1.29 is 12.8 Å². The number of nitrogens with zero attached hydrogens (tertiary/aromatic N) is 1. The van der Waals surface area contributed by atoms with Gasteiger partial charge in [0, 0.05) is 12.6 Å². The maximum atomic E-state index is 13.7. The Morgan fingerprint density at radius 3 is 2.60 bits per heavy atom. The lowest BCUT2D eigenvalue weighted by Gasteiger charge is -2.20. The van der Waals surface area contributed by atoms with Gasteiger partial charge in [-0.15, -0.1) is 0 Å². The molecule has 1 aromatic rings. The number of thiocarbonyl (C=S) groups is 1. The Kier molecular flexibility index (Phi) is 5.58. The van der Waals surface area contributed by atoms with Crippen molar-refractivity contribution in [1.82, 2.24) is 9.62 Å². The molecule has 1 rings (SSSR count). The lowest BCUT2D eigenvalue weighted by atomic mass is 10.2. The zero-order chi connectivity index (χ0) is 15.5. The second kappa shape index (κ2) is 6.57. The lowest BCUT2D eigenvalue weighted by Crippen LogP contribution is -2.38. The number of rotatable bonds is 6. The molecule has 0 fully saturated rings. The number of benzene rings is 1. The molecule has 112 valence electrons. The van der Waals surface area contributed by atoms with Crippen LogP contribution in [0.5, 0.6) is 0 Å². The van der Waals surface area contributed by atoms with Crippen LogP contribution in [0.4, 0.5) is 4.39 Å². The van der Waals surface area contributed by atoms with Gasteiger partial charge in [0.1, 0.15) is 10.8 Å². The number of hydrogen-bond acceptors (Lipinski definition) is 4. The highest BCUT2D eigenvalue weighted by Crippen LogP contribution is 2.18. The van der Waals surface area contributed by atoms with Gasteiger partial charge in [-0.25, -0.2) is 17.5 Å². The summed E-state index contributed by atoms with van der Waals surface area (Å²) in [5.74, 6) is -0.749.